The Kier molecular flexibility index (Phi) is 5.16. The Morgan fingerprint density at radius 3 is 2.52 bits per heavy atom. The number of hydrogen-bond acceptors (Lipinski definition) is 4. The van der Waals surface area contributed by atoms with Crippen molar-refractivity contribution >= 4 is 22.6 Å². The summed E-state index contributed by atoms with van der Waals surface area (Å²) in [5, 5.41) is 0.720. The SMILES string of the molecule is C=CCc1cccc2cc(C(=O)N3CCN(c4ccc(F)cc4)CC3)c(=O)oc12. The normalized spacial score (nSPS) is 14.2. The van der Waals surface area contributed by atoms with Crippen molar-refractivity contribution in [3.8, 4) is 0 Å². The molecular weight excluding hydrogens is 371 g/mol. The molecule has 0 N–H and O–H groups in total. The second-order valence-electron chi connectivity index (χ2n) is 7.03. The van der Waals surface area contributed by atoms with Crippen molar-refractivity contribution in [2.75, 3.05) is 31.1 Å². The molecule has 0 unspecified atom stereocenters. The van der Waals surface area contributed by atoms with Crippen LogP contribution in [0.5, 0.6) is 0 Å². The summed E-state index contributed by atoms with van der Waals surface area (Å²) in [6.45, 7) is 5.90. The van der Waals surface area contributed by atoms with E-state index in [0.29, 0.717) is 38.2 Å². The highest BCUT2D eigenvalue weighted by molar-refractivity contribution is 5.97. The van der Waals surface area contributed by atoms with E-state index < -0.39 is 5.63 Å². The zero-order valence-electron chi connectivity index (χ0n) is 15.9. The van der Waals surface area contributed by atoms with Gasteiger partial charge in [-0.3, -0.25) is 4.79 Å². The fourth-order valence-electron chi connectivity index (χ4n) is 3.66. The van der Waals surface area contributed by atoms with Crippen LogP contribution in [0.4, 0.5) is 10.1 Å². The second kappa shape index (κ2) is 7.91. The molecule has 29 heavy (non-hydrogen) atoms. The third-order valence-electron chi connectivity index (χ3n) is 5.19. The predicted molar refractivity (Wildman–Crippen MR) is 111 cm³/mol. The molecule has 0 radical (unpaired) electrons. The molecule has 1 fully saturated rings. The summed E-state index contributed by atoms with van der Waals surface area (Å²) in [6.07, 6.45) is 2.33. The number of amides is 1. The van der Waals surface area contributed by atoms with Crippen LogP contribution in [0, 0.1) is 5.82 Å². The number of carbonyl (C=O) groups excluding carboxylic acids is 1. The molecule has 0 atom stereocenters. The van der Waals surface area contributed by atoms with Gasteiger partial charge in [-0.2, -0.15) is 0 Å². The van der Waals surface area contributed by atoms with Crippen LogP contribution in [0.15, 0.2) is 70.4 Å². The van der Waals surface area contributed by atoms with Crippen molar-refractivity contribution in [3.63, 3.8) is 0 Å². The number of halogens is 1. The number of allylic oxidation sites excluding steroid dienone is 1. The van der Waals surface area contributed by atoms with Crippen LogP contribution in [0.3, 0.4) is 0 Å². The van der Waals surface area contributed by atoms with Gasteiger partial charge in [-0.25, -0.2) is 9.18 Å². The number of carbonyl (C=O) groups is 1. The van der Waals surface area contributed by atoms with Crippen molar-refractivity contribution in [2.45, 2.75) is 6.42 Å². The van der Waals surface area contributed by atoms with Gasteiger partial charge in [0.25, 0.3) is 5.91 Å². The molecule has 0 aliphatic carbocycles. The second-order valence-corrected chi connectivity index (χ2v) is 7.03. The molecule has 1 aliphatic rings. The number of benzene rings is 2. The van der Waals surface area contributed by atoms with Crippen LogP contribution in [-0.4, -0.2) is 37.0 Å². The summed E-state index contributed by atoms with van der Waals surface area (Å²) < 4.78 is 18.6. The predicted octanol–water partition coefficient (Wildman–Crippen LogP) is 3.62. The zero-order valence-corrected chi connectivity index (χ0v) is 15.9. The maximum absolute atomic E-state index is 13.1. The number of anilines is 1. The van der Waals surface area contributed by atoms with E-state index in [-0.39, 0.29) is 17.3 Å². The summed E-state index contributed by atoms with van der Waals surface area (Å²) >= 11 is 0. The zero-order chi connectivity index (χ0) is 20.4. The van der Waals surface area contributed by atoms with E-state index in [2.05, 4.69) is 11.5 Å². The Morgan fingerprint density at radius 1 is 1.10 bits per heavy atom. The van der Waals surface area contributed by atoms with Crippen molar-refractivity contribution in [2.24, 2.45) is 0 Å². The average molecular weight is 392 g/mol. The molecule has 2 aromatic carbocycles. The molecule has 2 heterocycles. The maximum Gasteiger partial charge on any atom is 0.349 e. The quantitative estimate of drug-likeness (QED) is 0.503. The first kappa shape index (κ1) is 18.9. The molecule has 3 aromatic rings. The van der Waals surface area contributed by atoms with Crippen LogP contribution < -0.4 is 10.5 Å². The van der Waals surface area contributed by atoms with E-state index in [1.165, 1.54) is 12.1 Å². The Bertz CT molecular complexity index is 1110. The first-order chi connectivity index (χ1) is 14.1. The van der Waals surface area contributed by atoms with Gasteiger partial charge in [0.1, 0.15) is 17.0 Å². The van der Waals surface area contributed by atoms with Gasteiger partial charge < -0.3 is 14.2 Å². The van der Waals surface area contributed by atoms with Gasteiger partial charge in [-0.05, 0) is 42.3 Å². The minimum atomic E-state index is -0.625. The molecule has 1 amide bonds. The van der Waals surface area contributed by atoms with E-state index in [9.17, 15) is 14.0 Å². The summed E-state index contributed by atoms with van der Waals surface area (Å²) in [5.41, 5.74) is 1.69. The molecule has 0 bridgehead atoms. The van der Waals surface area contributed by atoms with Crippen molar-refractivity contribution < 1.29 is 13.6 Å². The lowest BCUT2D eigenvalue weighted by Crippen LogP contribution is -2.49. The summed E-state index contributed by atoms with van der Waals surface area (Å²) in [7, 11) is 0. The Hall–Kier alpha value is -3.41. The van der Waals surface area contributed by atoms with Crippen LogP contribution in [0.2, 0.25) is 0 Å². The van der Waals surface area contributed by atoms with Gasteiger partial charge in [-0.15, -0.1) is 6.58 Å². The molecule has 1 aliphatic heterocycles. The largest absolute Gasteiger partial charge is 0.422 e. The smallest absolute Gasteiger partial charge is 0.349 e. The molecule has 148 valence electrons. The number of piperazine rings is 1. The number of para-hydroxylation sites is 1. The summed E-state index contributed by atoms with van der Waals surface area (Å²) in [4.78, 5) is 29.2. The molecule has 1 saturated heterocycles. The van der Waals surface area contributed by atoms with Crippen molar-refractivity contribution in [1.29, 1.82) is 0 Å². The average Bonchev–Trinajstić information content (AvgIpc) is 2.74. The molecular formula is C23H21FN2O3. The van der Waals surface area contributed by atoms with Gasteiger partial charge in [0, 0.05) is 37.3 Å². The highest BCUT2D eigenvalue weighted by Gasteiger charge is 2.25. The fourth-order valence-corrected chi connectivity index (χ4v) is 3.66. The topological polar surface area (TPSA) is 53.8 Å². The van der Waals surface area contributed by atoms with Gasteiger partial charge in [-0.1, -0.05) is 24.3 Å². The number of nitrogens with zero attached hydrogens (tertiary/aromatic N) is 2. The third-order valence-corrected chi connectivity index (χ3v) is 5.19. The van der Waals surface area contributed by atoms with Gasteiger partial charge in [0.2, 0.25) is 0 Å². The molecule has 5 nitrogen and oxygen atoms in total. The van der Waals surface area contributed by atoms with Gasteiger partial charge in [0.15, 0.2) is 0 Å². The number of fused-ring (bicyclic) bond motifs is 1. The van der Waals surface area contributed by atoms with Crippen LogP contribution in [0.25, 0.3) is 11.0 Å². The first-order valence-electron chi connectivity index (χ1n) is 9.53. The Balaban J connectivity index is 1.53. The van der Waals surface area contributed by atoms with E-state index in [1.54, 1.807) is 29.2 Å². The third kappa shape index (κ3) is 3.78. The fraction of sp³-hybridized carbons (Fsp3) is 0.217. The lowest BCUT2D eigenvalue weighted by molar-refractivity contribution is 0.0742. The summed E-state index contributed by atoms with van der Waals surface area (Å²) in [6, 6.07) is 13.5. The van der Waals surface area contributed by atoms with E-state index in [4.69, 9.17) is 4.42 Å². The number of hydrogen-bond donors (Lipinski definition) is 0. The molecule has 6 heteroatoms. The van der Waals surface area contributed by atoms with Crippen molar-refractivity contribution in [3.05, 3.63) is 88.6 Å². The maximum atomic E-state index is 13.1. The minimum absolute atomic E-state index is 0.0449. The van der Waals surface area contributed by atoms with Gasteiger partial charge in [0.05, 0.1) is 0 Å². The van der Waals surface area contributed by atoms with E-state index in [1.807, 2.05) is 18.2 Å². The molecule has 4 rings (SSSR count). The van der Waals surface area contributed by atoms with Crippen molar-refractivity contribution in [1.82, 2.24) is 4.90 Å². The molecule has 0 saturated carbocycles. The lowest BCUT2D eigenvalue weighted by atomic mass is 10.1. The standard InChI is InChI=1S/C23H21FN2O3/c1-2-4-16-5-3-6-17-15-20(23(28)29-21(16)17)22(27)26-13-11-25(12-14-26)19-9-7-18(24)8-10-19/h2-3,5-10,15H,1,4,11-14H2. The highest BCUT2D eigenvalue weighted by atomic mass is 19.1. The Labute approximate surface area is 167 Å². The monoisotopic (exact) mass is 392 g/mol. The van der Waals surface area contributed by atoms with Crippen LogP contribution >= 0.6 is 0 Å². The van der Waals surface area contributed by atoms with Crippen LogP contribution in [-0.2, 0) is 6.42 Å². The molecule has 0 spiro atoms. The molecule has 1 aromatic heterocycles. The van der Waals surface area contributed by atoms with E-state index in [0.717, 1.165) is 16.6 Å². The van der Waals surface area contributed by atoms with Crippen LogP contribution in [0.1, 0.15) is 15.9 Å². The highest BCUT2D eigenvalue weighted by Crippen LogP contribution is 2.21. The van der Waals surface area contributed by atoms with E-state index >= 15 is 0 Å². The minimum Gasteiger partial charge on any atom is -0.422 e. The van der Waals surface area contributed by atoms with Gasteiger partial charge >= 0.3 is 5.63 Å². The summed E-state index contributed by atoms with van der Waals surface area (Å²) in [5.74, 6) is -0.602. The Morgan fingerprint density at radius 2 is 1.83 bits per heavy atom. The first-order valence-corrected chi connectivity index (χ1v) is 9.53. The number of rotatable bonds is 4. The lowest BCUT2D eigenvalue weighted by Gasteiger charge is -2.36.